The van der Waals surface area contributed by atoms with Crippen molar-refractivity contribution in [3.05, 3.63) is 35.0 Å². The van der Waals surface area contributed by atoms with E-state index in [0.29, 0.717) is 10.7 Å². The number of halogens is 1. The van der Waals surface area contributed by atoms with E-state index in [2.05, 4.69) is 4.98 Å². The monoisotopic (exact) mass is 192 g/mol. The zero-order valence-electron chi connectivity index (χ0n) is 7.21. The van der Waals surface area contributed by atoms with E-state index in [1.807, 2.05) is 25.1 Å². The van der Waals surface area contributed by atoms with Gasteiger partial charge in [-0.05, 0) is 25.1 Å². The predicted molar refractivity (Wildman–Crippen MR) is 55.9 cm³/mol. The van der Waals surface area contributed by atoms with Crippen LogP contribution in [0.5, 0.6) is 0 Å². The molecule has 0 radical (unpaired) electrons. The van der Waals surface area contributed by atoms with Gasteiger partial charge in [-0.15, -0.1) is 0 Å². The lowest BCUT2D eigenvalue weighted by molar-refractivity contribution is 1.26. The van der Waals surface area contributed by atoms with Gasteiger partial charge in [-0.2, -0.15) is 0 Å². The Labute approximate surface area is 81.3 Å². The molecule has 3 heteroatoms. The number of pyridine rings is 1. The topological polar surface area (TPSA) is 38.9 Å². The molecule has 0 amide bonds. The Morgan fingerprint density at radius 1 is 1.31 bits per heavy atom. The number of aryl methyl sites for hydroxylation is 1. The molecule has 0 spiro atoms. The van der Waals surface area contributed by atoms with Gasteiger partial charge in [0.15, 0.2) is 0 Å². The third-order valence-corrected chi connectivity index (χ3v) is 2.27. The molecule has 2 rings (SSSR count). The van der Waals surface area contributed by atoms with Crippen LogP contribution in [0.4, 0.5) is 5.69 Å². The maximum Gasteiger partial charge on any atom is 0.0726 e. The number of nitrogens with zero attached hydrogens (tertiary/aromatic N) is 1. The summed E-state index contributed by atoms with van der Waals surface area (Å²) in [7, 11) is 0. The largest absolute Gasteiger partial charge is 0.397 e. The third kappa shape index (κ3) is 1.45. The molecule has 0 saturated carbocycles. The minimum absolute atomic E-state index is 0.576. The molecule has 1 aromatic carbocycles. The fourth-order valence-electron chi connectivity index (χ4n) is 1.26. The molecule has 0 bridgehead atoms. The summed E-state index contributed by atoms with van der Waals surface area (Å²) in [6.07, 6.45) is 0. The van der Waals surface area contributed by atoms with Crippen LogP contribution in [0.25, 0.3) is 10.9 Å². The number of aromatic nitrogens is 1. The zero-order chi connectivity index (χ0) is 9.42. The molecule has 66 valence electrons. The van der Waals surface area contributed by atoms with Gasteiger partial charge >= 0.3 is 0 Å². The maximum absolute atomic E-state index is 5.87. The van der Waals surface area contributed by atoms with Crippen LogP contribution in [0.3, 0.4) is 0 Å². The van der Waals surface area contributed by atoms with Crippen molar-refractivity contribution in [2.24, 2.45) is 0 Å². The normalized spacial score (nSPS) is 10.6. The van der Waals surface area contributed by atoms with Gasteiger partial charge in [0.2, 0.25) is 0 Å². The van der Waals surface area contributed by atoms with Crippen molar-refractivity contribution in [1.29, 1.82) is 0 Å². The van der Waals surface area contributed by atoms with Gasteiger partial charge in [0, 0.05) is 11.1 Å². The molecule has 2 nitrogen and oxygen atoms in total. The van der Waals surface area contributed by atoms with Crippen molar-refractivity contribution >= 4 is 28.2 Å². The first-order valence-electron chi connectivity index (χ1n) is 3.99. The van der Waals surface area contributed by atoms with Crippen molar-refractivity contribution in [3.63, 3.8) is 0 Å². The summed E-state index contributed by atoms with van der Waals surface area (Å²) in [5.74, 6) is 0. The first-order valence-corrected chi connectivity index (χ1v) is 4.37. The Kier molecular flexibility index (Phi) is 1.85. The van der Waals surface area contributed by atoms with E-state index in [-0.39, 0.29) is 0 Å². The van der Waals surface area contributed by atoms with Gasteiger partial charge in [-0.1, -0.05) is 17.7 Å². The Bertz CT molecular complexity index is 466. The van der Waals surface area contributed by atoms with Crippen LogP contribution >= 0.6 is 11.6 Å². The fourth-order valence-corrected chi connectivity index (χ4v) is 1.43. The highest BCUT2D eigenvalue weighted by Gasteiger charge is 2.00. The second kappa shape index (κ2) is 2.89. The second-order valence-electron chi connectivity index (χ2n) is 3.02. The first-order chi connectivity index (χ1) is 6.16. The molecule has 0 fully saturated rings. The van der Waals surface area contributed by atoms with E-state index in [1.165, 1.54) is 0 Å². The van der Waals surface area contributed by atoms with Crippen molar-refractivity contribution in [3.8, 4) is 0 Å². The highest BCUT2D eigenvalue weighted by atomic mass is 35.5. The summed E-state index contributed by atoms with van der Waals surface area (Å²) in [5, 5.41) is 1.60. The van der Waals surface area contributed by atoms with Crippen LogP contribution in [0, 0.1) is 6.92 Å². The fraction of sp³-hybridized carbons (Fsp3) is 0.100. The highest BCUT2D eigenvalue weighted by Crippen LogP contribution is 2.24. The summed E-state index contributed by atoms with van der Waals surface area (Å²) in [4.78, 5) is 4.34. The van der Waals surface area contributed by atoms with Crippen LogP contribution < -0.4 is 5.73 Å². The number of nitrogen functional groups attached to an aromatic ring is 1. The van der Waals surface area contributed by atoms with Gasteiger partial charge in [-0.25, -0.2) is 0 Å². The molecule has 13 heavy (non-hydrogen) atoms. The molecule has 1 heterocycles. The zero-order valence-corrected chi connectivity index (χ0v) is 7.97. The minimum atomic E-state index is 0.576. The SMILES string of the molecule is Cc1ccc2cc(Cl)c(N)cc2n1. The summed E-state index contributed by atoms with van der Waals surface area (Å²) < 4.78 is 0. The molecule has 0 aliphatic heterocycles. The lowest BCUT2D eigenvalue weighted by Crippen LogP contribution is -1.89. The minimum Gasteiger partial charge on any atom is -0.397 e. The Hall–Kier alpha value is -1.28. The molecular formula is C10H9ClN2. The smallest absolute Gasteiger partial charge is 0.0726 e. The van der Waals surface area contributed by atoms with Crippen molar-refractivity contribution in [2.45, 2.75) is 6.92 Å². The highest BCUT2D eigenvalue weighted by molar-refractivity contribution is 6.33. The summed E-state index contributed by atoms with van der Waals surface area (Å²) in [6.45, 7) is 1.95. The van der Waals surface area contributed by atoms with Gasteiger partial charge in [-0.3, -0.25) is 4.98 Å². The van der Waals surface area contributed by atoms with E-state index in [9.17, 15) is 0 Å². The van der Waals surface area contributed by atoms with Crippen LogP contribution in [-0.2, 0) is 0 Å². The van der Waals surface area contributed by atoms with Crippen LogP contribution in [0.2, 0.25) is 5.02 Å². The van der Waals surface area contributed by atoms with Crippen LogP contribution in [0.1, 0.15) is 5.69 Å². The number of rotatable bonds is 0. The predicted octanol–water partition coefficient (Wildman–Crippen LogP) is 2.78. The number of nitrogens with two attached hydrogens (primary N) is 1. The summed E-state index contributed by atoms with van der Waals surface area (Å²) in [5.41, 5.74) is 8.11. The van der Waals surface area contributed by atoms with Crippen LogP contribution in [0.15, 0.2) is 24.3 Å². The molecule has 2 N–H and O–H groups in total. The molecule has 0 atom stereocenters. The number of fused-ring (bicyclic) bond motifs is 1. The Balaban J connectivity index is 2.81. The first kappa shape index (κ1) is 8.32. The quantitative estimate of drug-likeness (QED) is 0.652. The number of hydrogen-bond donors (Lipinski definition) is 1. The lowest BCUT2D eigenvalue weighted by atomic mass is 10.2. The molecule has 2 aromatic rings. The second-order valence-corrected chi connectivity index (χ2v) is 3.43. The average molecular weight is 193 g/mol. The Morgan fingerprint density at radius 3 is 2.85 bits per heavy atom. The molecular weight excluding hydrogens is 184 g/mol. The van der Waals surface area contributed by atoms with Gasteiger partial charge in [0.25, 0.3) is 0 Å². The number of anilines is 1. The molecule has 0 saturated heterocycles. The van der Waals surface area contributed by atoms with E-state index in [4.69, 9.17) is 17.3 Å². The van der Waals surface area contributed by atoms with E-state index < -0.39 is 0 Å². The molecule has 1 aromatic heterocycles. The average Bonchev–Trinajstić information content (AvgIpc) is 2.08. The maximum atomic E-state index is 5.87. The Morgan fingerprint density at radius 2 is 2.08 bits per heavy atom. The number of hydrogen-bond acceptors (Lipinski definition) is 2. The van der Waals surface area contributed by atoms with E-state index in [0.717, 1.165) is 16.6 Å². The summed E-state index contributed by atoms with van der Waals surface area (Å²) in [6, 6.07) is 7.57. The van der Waals surface area contributed by atoms with E-state index >= 15 is 0 Å². The molecule has 0 aliphatic carbocycles. The van der Waals surface area contributed by atoms with Gasteiger partial charge in [0.05, 0.1) is 16.2 Å². The molecule has 0 aliphatic rings. The van der Waals surface area contributed by atoms with Gasteiger partial charge < -0.3 is 5.73 Å². The number of benzene rings is 1. The van der Waals surface area contributed by atoms with E-state index in [1.54, 1.807) is 6.07 Å². The molecule has 0 unspecified atom stereocenters. The van der Waals surface area contributed by atoms with Gasteiger partial charge in [0.1, 0.15) is 0 Å². The van der Waals surface area contributed by atoms with Crippen molar-refractivity contribution in [2.75, 3.05) is 5.73 Å². The van der Waals surface area contributed by atoms with Crippen molar-refractivity contribution < 1.29 is 0 Å². The third-order valence-electron chi connectivity index (χ3n) is 1.95. The lowest BCUT2D eigenvalue weighted by Gasteiger charge is -2.02. The van der Waals surface area contributed by atoms with Crippen molar-refractivity contribution in [1.82, 2.24) is 4.98 Å². The summed E-state index contributed by atoms with van der Waals surface area (Å²) >= 11 is 5.87. The standard InChI is InChI=1S/C10H9ClN2/c1-6-2-3-7-4-8(11)9(12)5-10(7)13-6/h2-5H,12H2,1H3. The van der Waals surface area contributed by atoms with Crippen LogP contribution in [-0.4, -0.2) is 4.98 Å².